The monoisotopic (exact) mass is 364 g/mol. The Kier molecular flexibility index (Phi) is 4.96. The molecule has 0 aromatic heterocycles. The highest BCUT2D eigenvalue weighted by Crippen LogP contribution is 2.38. The summed E-state index contributed by atoms with van der Waals surface area (Å²) >= 11 is 0. The highest BCUT2D eigenvalue weighted by atomic mass is 32.2. The van der Waals surface area contributed by atoms with Gasteiger partial charge in [0, 0.05) is 17.5 Å². The summed E-state index contributed by atoms with van der Waals surface area (Å²) in [7, 11) is -0.455. The van der Waals surface area contributed by atoms with Gasteiger partial charge in [0.05, 0.1) is 34.4 Å². The molecule has 5 nitrogen and oxygen atoms in total. The number of amides is 2. The third-order valence-corrected chi connectivity index (χ3v) is 5.30. The van der Waals surface area contributed by atoms with E-state index >= 15 is 0 Å². The van der Waals surface area contributed by atoms with Crippen LogP contribution in [0, 0.1) is 0 Å². The summed E-state index contributed by atoms with van der Waals surface area (Å²) < 4.78 is 51.9. The van der Waals surface area contributed by atoms with E-state index in [-0.39, 0.29) is 23.7 Å². The van der Waals surface area contributed by atoms with E-state index in [4.69, 9.17) is 4.84 Å². The molecule has 1 aliphatic heterocycles. The van der Waals surface area contributed by atoms with Crippen molar-refractivity contribution < 1.29 is 27.0 Å². The van der Waals surface area contributed by atoms with Crippen LogP contribution in [0.25, 0.3) is 0 Å². The van der Waals surface area contributed by atoms with Crippen LogP contribution in [0.5, 0.6) is 0 Å². The molecule has 2 amide bonds. The Balaban J connectivity index is 2.52. The van der Waals surface area contributed by atoms with E-state index in [1.54, 1.807) is 20.8 Å². The topological polar surface area (TPSA) is 49.9 Å². The van der Waals surface area contributed by atoms with Crippen LogP contribution in [-0.2, 0) is 21.8 Å². The van der Waals surface area contributed by atoms with Gasteiger partial charge in [0.2, 0.25) is 0 Å². The number of urea groups is 1. The van der Waals surface area contributed by atoms with Crippen LogP contribution in [-0.4, -0.2) is 40.2 Å². The Morgan fingerprint density at radius 3 is 2.38 bits per heavy atom. The molecule has 1 aromatic rings. The zero-order valence-corrected chi connectivity index (χ0v) is 14.6. The lowest BCUT2D eigenvalue weighted by Crippen LogP contribution is -2.48. The standard InChI is InChI=1S/C15H19F3N2O3S/c1-14(2,3)24(22)12-6-5-10(9-11(12)15(16,17)18)20-7-8-23-19(4)13(20)21/h5-6,9H,7-8H2,1-4H3. The summed E-state index contributed by atoms with van der Waals surface area (Å²) in [5.41, 5.74) is -0.896. The first-order chi connectivity index (χ1) is 10.9. The molecule has 24 heavy (non-hydrogen) atoms. The molecule has 1 aliphatic rings. The summed E-state index contributed by atoms with van der Waals surface area (Å²) in [6.07, 6.45) is -4.67. The molecule has 1 fully saturated rings. The quantitative estimate of drug-likeness (QED) is 0.808. The normalized spacial score (nSPS) is 18.0. The van der Waals surface area contributed by atoms with Crippen LogP contribution < -0.4 is 4.90 Å². The van der Waals surface area contributed by atoms with Gasteiger partial charge in [0.1, 0.15) is 0 Å². The minimum absolute atomic E-state index is 0.0946. The lowest BCUT2D eigenvalue weighted by Gasteiger charge is -2.33. The van der Waals surface area contributed by atoms with Crippen LogP contribution in [0.2, 0.25) is 0 Å². The molecule has 9 heteroatoms. The zero-order valence-electron chi connectivity index (χ0n) is 13.8. The molecule has 1 aromatic carbocycles. The third-order valence-electron chi connectivity index (χ3n) is 3.44. The van der Waals surface area contributed by atoms with E-state index in [0.717, 1.165) is 11.1 Å². The molecule has 0 bridgehead atoms. The Morgan fingerprint density at radius 2 is 1.83 bits per heavy atom. The molecule has 0 aliphatic carbocycles. The first kappa shape index (κ1) is 18.7. The summed E-state index contributed by atoms with van der Waals surface area (Å²) in [4.78, 5) is 18.0. The van der Waals surface area contributed by atoms with Crippen molar-refractivity contribution in [3.63, 3.8) is 0 Å². The lowest BCUT2D eigenvalue weighted by atomic mass is 10.1. The van der Waals surface area contributed by atoms with Gasteiger partial charge in [-0.05, 0) is 39.0 Å². The molecule has 2 rings (SSSR count). The first-order valence-corrected chi connectivity index (χ1v) is 8.39. The molecule has 134 valence electrons. The van der Waals surface area contributed by atoms with Gasteiger partial charge in [-0.3, -0.25) is 13.9 Å². The van der Waals surface area contributed by atoms with Gasteiger partial charge < -0.3 is 0 Å². The molecular formula is C15H19F3N2O3S. The van der Waals surface area contributed by atoms with Gasteiger partial charge in [-0.2, -0.15) is 13.2 Å². The maximum Gasteiger partial charge on any atom is 0.417 e. The fourth-order valence-corrected chi connectivity index (χ4v) is 3.45. The summed E-state index contributed by atoms with van der Waals surface area (Å²) in [5.74, 6) is 0. The highest BCUT2D eigenvalue weighted by molar-refractivity contribution is 7.86. The lowest BCUT2D eigenvalue weighted by molar-refractivity contribution is -0.139. The van der Waals surface area contributed by atoms with Gasteiger partial charge >= 0.3 is 12.2 Å². The molecule has 1 atom stereocenters. The van der Waals surface area contributed by atoms with Gasteiger partial charge in [-0.25, -0.2) is 9.86 Å². The Morgan fingerprint density at radius 1 is 1.21 bits per heavy atom. The van der Waals surface area contributed by atoms with E-state index < -0.39 is 33.3 Å². The van der Waals surface area contributed by atoms with E-state index in [1.807, 2.05) is 0 Å². The number of alkyl halides is 3. The number of hydroxylamine groups is 2. The van der Waals surface area contributed by atoms with Crippen molar-refractivity contribution in [1.29, 1.82) is 0 Å². The average Bonchev–Trinajstić information content (AvgIpc) is 2.47. The van der Waals surface area contributed by atoms with Crippen LogP contribution in [0.1, 0.15) is 26.3 Å². The number of carbonyl (C=O) groups is 1. The van der Waals surface area contributed by atoms with Crippen LogP contribution in [0.3, 0.4) is 0 Å². The molecule has 1 saturated heterocycles. The Labute approximate surface area is 140 Å². The van der Waals surface area contributed by atoms with Crippen LogP contribution in [0.4, 0.5) is 23.7 Å². The second-order valence-electron chi connectivity index (χ2n) is 6.32. The largest absolute Gasteiger partial charge is 0.417 e. The van der Waals surface area contributed by atoms with Crippen LogP contribution >= 0.6 is 0 Å². The van der Waals surface area contributed by atoms with Crippen molar-refractivity contribution in [2.45, 2.75) is 36.6 Å². The predicted octanol–water partition coefficient (Wildman–Crippen LogP) is 3.41. The average molecular weight is 364 g/mol. The number of halogens is 3. The minimum atomic E-state index is -4.67. The van der Waals surface area contributed by atoms with Gasteiger partial charge in [0.15, 0.2) is 0 Å². The van der Waals surface area contributed by atoms with Gasteiger partial charge in [0.25, 0.3) is 0 Å². The van der Waals surface area contributed by atoms with E-state index in [1.165, 1.54) is 24.1 Å². The van der Waals surface area contributed by atoms with E-state index in [2.05, 4.69) is 0 Å². The Hall–Kier alpha value is -1.61. The SMILES string of the molecule is CN1OCCN(c2ccc(S(=O)C(C)(C)C)c(C(F)(F)F)c2)C1=O. The van der Waals surface area contributed by atoms with Crippen molar-refractivity contribution in [2.75, 3.05) is 25.1 Å². The predicted molar refractivity (Wildman–Crippen MR) is 84.1 cm³/mol. The third kappa shape index (κ3) is 3.72. The second-order valence-corrected chi connectivity index (χ2v) is 8.53. The first-order valence-electron chi connectivity index (χ1n) is 7.24. The van der Waals surface area contributed by atoms with Crippen molar-refractivity contribution in [3.05, 3.63) is 23.8 Å². The highest BCUT2D eigenvalue weighted by Gasteiger charge is 2.38. The Bertz CT molecular complexity index is 671. The van der Waals surface area contributed by atoms with Gasteiger partial charge in [-0.15, -0.1) is 0 Å². The number of rotatable bonds is 2. The number of hydrogen-bond donors (Lipinski definition) is 0. The number of hydrogen-bond acceptors (Lipinski definition) is 3. The summed E-state index contributed by atoms with van der Waals surface area (Å²) in [6.45, 7) is 5.15. The van der Waals surface area contributed by atoms with Crippen molar-refractivity contribution in [1.82, 2.24) is 5.06 Å². The number of anilines is 1. The molecule has 1 unspecified atom stereocenters. The fourth-order valence-electron chi connectivity index (χ4n) is 2.23. The van der Waals surface area contributed by atoms with E-state index in [0.29, 0.717) is 0 Å². The number of nitrogens with zero attached hydrogens (tertiary/aromatic N) is 2. The van der Waals surface area contributed by atoms with Crippen molar-refractivity contribution >= 4 is 22.5 Å². The minimum Gasteiger partial charge on any atom is -0.290 e. The zero-order chi connectivity index (χ0) is 18.3. The number of benzene rings is 1. The van der Waals surface area contributed by atoms with Crippen molar-refractivity contribution in [2.24, 2.45) is 0 Å². The van der Waals surface area contributed by atoms with Crippen LogP contribution in [0.15, 0.2) is 23.1 Å². The molecule has 0 saturated carbocycles. The summed E-state index contributed by atoms with van der Waals surface area (Å²) in [6, 6.07) is 2.88. The molecule has 0 N–H and O–H groups in total. The smallest absolute Gasteiger partial charge is 0.290 e. The van der Waals surface area contributed by atoms with Crippen molar-refractivity contribution in [3.8, 4) is 0 Å². The molecule has 0 radical (unpaired) electrons. The molecular weight excluding hydrogens is 345 g/mol. The fraction of sp³-hybridized carbons (Fsp3) is 0.533. The maximum atomic E-state index is 13.4. The van der Waals surface area contributed by atoms with E-state index in [9.17, 15) is 22.2 Å². The maximum absolute atomic E-state index is 13.4. The van der Waals surface area contributed by atoms with Gasteiger partial charge in [-0.1, -0.05) is 0 Å². The molecule has 0 spiro atoms. The summed E-state index contributed by atoms with van der Waals surface area (Å²) in [5, 5.41) is 0.970. The number of carbonyl (C=O) groups excluding carboxylic acids is 1. The second kappa shape index (κ2) is 6.36. The molecule has 1 heterocycles.